The van der Waals surface area contributed by atoms with E-state index >= 15 is 0 Å². The van der Waals surface area contributed by atoms with Gasteiger partial charge in [0.15, 0.2) is 5.76 Å². The molecule has 0 amide bonds. The molecule has 5 heteroatoms. The van der Waals surface area contributed by atoms with Gasteiger partial charge in [0.1, 0.15) is 12.3 Å². The molecule has 0 unspecified atom stereocenters. The van der Waals surface area contributed by atoms with Gasteiger partial charge in [-0.2, -0.15) is 0 Å². The van der Waals surface area contributed by atoms with Crippen molar-refractivity contribution in [2.75, 3.05) is 0 Å². The van der Waals surface area contributed by atoms with Gasteiger partial charge in [0.2, 0.25) is 0 Å². The summed E-state index contributed by atoms with van der Waals surface area (Å²) in [7, 11) is 0. The van der Waals surface area contributed by atoms with Crippen molar-refractivity contribution in [1.29, 1.82) is 0 Å². The molecular formula is C17H12ClNO3. The Morgan fingerprint density at radius 2 is 1.91 bits per heavy atom. The smallest absolute Gasteiger partial charge is 0.338 e. The average molecular weight is 314 g/mol. The van der Waals surface area contributed by atoms with Crippen molar-refractivity contribution in [1.82, 2.24) is 5.16 Å². The van der Waals surface area contributed by atoms with E-state index in [1.807, 2.05) is 30.3 Å². The summed E-state index contributed by atoms with van der Waals surface area (Å²) in [6.45, 7) is 0.0433. The lowest BCUT2D eigenvalue weighted by Crippen LogP contribution is -2.05. The third-order valence-corrected chi connectivity index (χ3v) is 3.26. The van der Waals surface area contributed by atoms with E-state index in [0.29, 0.717) is 22.0 Å². The highest BCUT2D eigenvalue weighted by molar-refractivity contribution is 6.30. The van der Waals surface area contributed by atoms with E-state index in [1.165, 1.54) is 0 Å². The molecule has 0 bridgehead atoms. The molecule has 4 nitrogen and oxygen atoms in total. The number of ether oxygens (including phenoxy) is 1. The molecule has 0 saturated carbocycles. The summed E-state index contributed by atoms with van der Waals surface area (Å²) in [4.78, 5) is 11.9. The van der Waals surface area contributed by atoms with E-state index in [-0.39, 0.29) is 6.61 Å². The van der Waals surface area contributed by atoms with Crippen molar-refractivity contribution >= 4 is 17.6 Å². The lowest BCUT2D eigenvalue weighted by molar-refractivity contribution is 0.0464. The van der Waals surface area contributed by atoms with Gasteiger partial charge in [0, 0.05) is 16.7 Å². The molecule has 1 aromatic heterocycles. The van der Waals surface area contributed by atoms with Crippen LogP contribution in [-0.2, 0) is 11.3 Å². The van der Waals surface area contributed by atoms with E-state index in [1.54, 1.807) is 30.3 Å². The lowest BCUT2D eigenvalue weighted by Gasteiger charge is -2.02. The van der Waals surface area contributed by atoms with Crippen LogP contribution in [0, 0.1) is 0 Å². The largest absolute Gasteiger partial charge is 0.455 e. The van der Waals surface area contributed by atoms with Gasteiger partial charge in [-0.1, -0.05) is 53.2 Å². The Balaban J connectivity index is 1.65. The van der Waals surface area contributed by atoms with Crippen LogP contribution >= 0.6 is 11.6 Å². The number of nitrogens with zero attached hydrogens (tertiary/aromatic N) is 1. The summed E-state index contributed by atoms with van der Waals surface area (Å²) < 4.78 is 10.4. The molecule has 110 valence electrons. The number of aromatic nitrogens is 1. The zero-order valence-corrected chi connectivity index (χ0v) is 12.3. The first-order valence-electron chi connectivity index (χ1n) is 6.66. The Hall–Kier alpha value is -2.59. The topological polar surface area (TPSA) is 52.3 Å². The van der Waals surface area contributed by atoms with Crippen LogP contribution in [0.5, 0.6) is 0 Å². The van der Waals surface area contributed by atoms with Crippen LogP contribution in [-0.4, -0.2) is 11.1 Å². The minimum absolute atomic E-state index is 0.0433. The molecule has 0 radical (unpaired) electrons. The summed E-state index contributed by atoms with van der Waals surface area (Å²) in [6.07, 6.45) is 0. The monoisotopic (exact) mass is 313 g/mol. The lowest BCUT2D eigenvalue weighted by atomic mass is 10.2. The van der Waals surface area contributed by atoms with Crippen LogP contribution in [0.15, 0.2) is 65.2 Å². The summed E-state index contributed by atoms with van der Waals surface area (Å²) in [6, 6.07) is 17.9. The minimum atomic E-state index is -0.452. The first kappa shape index (κ1) is 14.4. The van der Waals surface area contributed by atoms with Gasteiger partial charge < -0.3 is 9.26 Å². The molecule has 0 spiro atoms. The molecule has 0 aliphatic carbocycles. The van der Waals surface area contributed by atoms with Crippen LogP contribution in [0.4, 0.5) is 0 Å². The molecule has 0 atom stereocenters. The molecular weight excluding hydrogens is 302 g/mol. The zero-order chi connectivity index (χ0) is 15.4. The van der Waals surface area contributed by atoms with Crippen LogP contribution in [0.25, 0.3) is 11.3 Å². The third-order valence-electron chi connectivity index (χ3n) is 3.03. The maximum absolute atomic E-state index is 11.9. The van der Waals surface area contributed by atoms with Gasteiger partial charge in [-0.25, -0.2) is 4.79 Å². The SMILES string of the molecule is O=C(OCc1cc(-c2ccccc2)on1)c1cccc(Cl)c1. The van der Waals surface area contributed by atoms with Crippen molar-refractivity contribution in [3.05, 3.63) is 76.9 Å². The molecule has 0 aliphatic rings. The van der Waals surface area contributed by atoms with Crippen LogP contribution in [0.2, 0.25) is 5.02 Å². The number of carbonyl (C=O) groups excluding carboxylic acids is 1. The first-order valence-corrected chi connectivity index (χ1v) is 7.04. The number of benzene rings is 2. The van der Waals surface area contributed by atoms with Crippen LogP contribution in [0.1, 0.15) is 16.1 Å². The minimum Gasteiger partial charge on any atom is -0.455 e. The molecule has 0 aliphatic heterocycles. The van der Waals surface area contributed by atoms with E-state index in [2.05, 4.69) is 5.16 Å². The molecule has 22 heavy (non-hydrogen) atoms. The second-order valence-corrected chi connectivity index (χ2v) is 5.07. The van der Waals surface area contributed by atoms with Crippen molar-refractivity contribution in [3.8, 4) is 11.3 Å². The third kappa shape index (κ3) is 3.35. The second-order valence-electron chi connectivity index (χ2n) is 4.64. The van der Waals surface area contributed by atoms with Gasteiger partial charge in [0.05, 0.1) is 5.56 Å². The normalized spacial score (nSPS) is 10.4. The number of halogens is 1. The van der Waals surface area contributed by atoms with Crippen molar-refractivity contribution in [2.45, 2.75) is 6.61 Å². The molecule has 3 aromatic rings. The molecule has 0 saturated heterocycles. The highest BCUT2D eigenvalue weighted by Crippen LogP contribution is 2.20. The van der Waals surface area contributed by atoms with Gasteiger partial charge in [-0.05, 0) is 18.2 Å². The fourth-order valence-electron chi connectivity index (χ4n) is 1.96. The van der Waals surface area contributed by atoms with Gasteiger partial charge in [0.25, 0.3) is 0 Å². The molecule has 3 rings (SSSR count). The summed E-state index contributed by atoms with van der Waals surface area (Å²) in [5.74, 6) is 0.182. The van der Waals surface area contributed by atoms with E-state index in [4.69, 9.17) is 20.9 Å². The molecule has 0 N–H and O–H groups in total. The Morgan fingerprint density at radius 1 is 1.09 bits per heavy atom. The number of hydrogen-bond donors (Lipinski definition) is 0. The standard InChI is InChI=1S/C17H12ClNO3/c18-14-8-4-7-13(9-14)17(20)21-11-15-10-16(22-19-15)12-5-2-1-3-6-12/h1-10H,11H2. The molecule has 0 fully saturated rings. The summed E-state index contributed by atoms with van der Waals surface area (Å²) in [5.41, 5.74) is 1.87. The highest BCUT2D eigenvalue weighted by atomic mass is 35.5. The van der Waals surface area contributed by atoms with Crippen molar-refractivity contribution < 1.29 is 14.1 Å². The number of carbonyl (C=O) groups is 1. The zero-order valence-electron chi connectivity index (χ0n) is 11.5. The predicted molar refractivity (Wildman–Crippen MR) is 82.5 cm³/mol. The van der Waals surface area contributed by atoms with Crippen LogP contribution < -0.4 is 0 Å². The number of hydrogen-bond acceptors (Lipinski definition) is 4. The number of esters is 1. The second kappa shape index (κ2) is 6.45. The Labute approximate surface area is 132 Å². The number of rotatable bonds is 4. The molecule has 1 heterocycles. The first-order chi connectivity index (χ1) is 10.7. The Morgan fingerprint density at radius 3 is 2.68 bits per heavy atom. The van der Waals surface area contributed by atoms with Crippen molar-refractivity contribution in [2.24, 2.45) is 0 Å². The fourth-order valence-corrected chi connectivity index (χ4v) is 2.15. The van der Waals surface area contributed by atoms with Gasteiger partial charge in [-0.15, -0.1) is 0 Å². The predicted octanol–water partition coefficient (Wildman–Crippen LogP) is 4.35. The Bertz CT molecular complexity index is 783. The van der Waals surface area contributed by atoms with Gasteiger partial charge >= 0.3 is 5.97 Å². The molecule has 2 aromatic carbocycles. The van der Waals surface area contributed by atoms with E-state index in [0.717, 1.165) is 5.56 Å². The quantitative estimate of drug-likeness (QED) is 0.672. The summed E-state index contributed by atoms with van der Waals surface area (Å²) >= 11 is 5.84. The average Bonchev–Trinajstić information content (AvgIpc) is 3.02. The van der Waals surface area contributed by atoms with Crippen molar-refractivity contribution in [3.63, 3.8) is 0 Å². The highest BCUT2D eigenvalue weighted by Gasteiger charge is 2.11. The fraction of sp³-hybridized carbons (Fsp3) is 0.0588. The maximum atomic E-state index is 11.9. The van der Waals surface area contributed by atoms with Crippen LogP contribution in [0.3, 0.4) is 0 Å². The van der Waals surface area contributed by atoms with E-state index in [9.17, 15) is 4.79 Å². The maximum Gasteiger partial charge on any atom is 0.338 e. The van der Waals surface area contributed by atoms with E-state index < -0.39 is 5.97 Å². The Kier molecular flexibility index (Phi) is 4.21. The summed E-state index contributed by atoms with van der Waals surface area (Å²) in [5, 5.41) is 4.39. The van der Waals surface area contributed by atoms with Gasteiger partial charge in [-0.3, -0.25) is 0 Å².